The van der Waals surface area contributed by atoms with Gasteiger partial charge in [0.1, 0.15) is 0 Å². The monoisotopic (exact) mass is 215 g/mol. The van der Waals surface area contributed by atoms with E-state index >= 15 is 0 Å². The zero-order valence-electron chi connectivity index (χ0n) is 5.94. The van der Waals surface area contributed by atoms with Crippen LogP contribution in [0.2, 0.25) is 0 Å². The fourth-order valence-corrected chi connectivity index (χ4v) is 0.448. The predicted octanol–water partition coefficient (Wildman–Crippen LogP) is -9.71. The Balaban J connectivity index is -0.0000000600. The molecule has 0 amide bonds. The Morgan fingerprint density at radius 3 is 1.10 bits per heavy atom. The first-order valence-electron chi connectivity index (χ1n) is 1.03. The van der Waals surface area contributed by atoms with Crippen LogP contribution in [0.25, 0.3) is 0 Å². The van der Waals surface area contributed by atoms with Gasteiger partial charge >= 0.3 is 111 Å². The van der Waals surface area contributed by atoms with Crippen molar-refractivity contribution in [3.8, 4) is 0 Å². The molecule has 0 aromatic carbocycles. The van der Waals surface area contributed by atoms with Crippen LogP contribution in [-0.4, -0.2) is 17.5 Å². The molecule has 44 valence electrons. The van der Waals surface area contributed by atoms with E-state index in [9.17, 15) is 8.42 Å². The maximum atomic E-state index is 9.35. The van der Waals surface area contributed by atoms with Gasteiger partial charge in [-0.05, 0) is 0 Å². The third kappa shape index (κ3) is 22.5. The molecular weight excluding hydrogens is 213 g/mol. The maximum absolute atomic E-state index is 9.35. The summed E-state index contributed by atoms with van der Waals surface area (Å²) in [5, 5.41) is 0. The molecule has 0 aromatic rings. The molecule has 0 atom stereocenters. The van der Waals surface area contributed by atoms with Gasteiger partial charge in [0, 0.05) is 0 Å². The standard InChI is InChI=1S/3Na.H2O5S2/c;;;1-6(2)5-7(3)4/h;;;(H,1,2)(H,3,4)/q3*+1;. The fraction of sp³-hybridized carbons (Fsp3) is 0. The molecule has 10 heteroatoms. The van der Waals surface area contributed by atoms with Crippen molar-refractivity contribution in [2.24, 2.45) is 0 Å². The molecule has 5 nitrogen and oxygen atoms in total. The summed E-state index contributed by atoms with van der Waals surface area (Å²) in [6, 6.07) is 0. The van der Waals surface area contributed by atoms with Crippen LogP contribution >= 0.6 is 0 Å². The van der Waals surface area contributed by atoms with E-state index in [0.29, 0.717) is 0 Å². The topological polar surface area (TPSA) is 83.8 Å². The molecule has 0 spiro atoms. The molecule has 0 aliphatic carbocycles. The number of hydrogen-bond donors (Lipinski definition) is 2. The molecule has 0 bridgehead atoms. The second kappa shape index (κ2) is 14.7. The second-order valence-electron chi connectivity index (χ2n) is 0.502. The van der Waals surface area contributed by atoms with Crippen LogP contribution in [0.1, 0.15) is 0 Å². The molecule has 0 saturated carbocycles. The summed E-state index contributed by atoms with van der Waals surface area (Å²) in [6.07, 6.45) is 0. The Morgan fingerprint density at radius 1 is 0.900 bits per heavy atom. The van der Waals surface area contributed by atoms with E-state index < -0.39 is 22.7 Å². The Morgan fingerprint density at radius 2 is 1.10 bits per heavy atom. The van der Waals surface area contributed by atoms with E-state index in [2.05, 4.69) is 3.63 Å². The minimum atomic E-state index is -2.65. The van der Waals surface area contributed by atoms with E-state index in [1.807, 2.05) is 0 Å². The van der Waals surface area contributed by atoms with E-state index in [0.717, 1.165) is 0 Å². The summed E-state index contributed by atoms with van der Waals surface area (Å²) < 4.78 is 37.2. The average Bonchev–Trinajstić information content (AvgIpc) is 1.27. The van der Waals surface area contributed by atoms with E-state index in [4.69, 9.17) is 9.11 Å². The molecule has 0 radical (unpaired) electrons. The van der Waals surface area contributed by atoms with Gasteiger partial charge in [-0.2, -0.15) is 8.42 Å². The van der Waals surface area contributed by atoms with Crippen molar-refractivity contribution in [3.05, 3.63) is 0 Å². The van der Waals surface area contributed by atoms with Crippen LogP contribution in [0.15, 0.2) is 0 Å². The first-order chi connectivity index (χ1) is 3.13. The molecule has 0 rings (SSSR count). The molecule has 2 N–H and O–H groups in total. The molecule has 0 saturated heterocycles. The molecule has 0 unspecified atom stereocenters. The van der Waals surface area contributed by atoms with Crippen LogP contribution in [0.4, 0.5) is 0 Å². The maximum Gasteiger partial charge on any atom is 1.00 e. The van der Waals surface area contributed by atoms with Crippen molar-refractivity contribution < 1.29 is 110 Å². The van der Waals surface area contributed by atoms with Crippen LogP contribution in [0.5, 0.6) is 0 Å². The first-order valence-corrected chi connectivity index (χ1v) is 3.10. The van der Waals surface area contributed by atoms with Crippen LogP contribution in [0, 0.1) is 0 Å². The Hall–Kier alpha value is 3.18. The minimum absolute atomic E-state index is 0. The molecule has 10 heavy (non-hydrogen) atoms. The van der Waals surface area contributed by atoms with Crippen molar-refractivity contribution in [1.82, 2.24) is 0 Å². The second-order valence-corrected chi connectivity index (χ2v) is 1.92. The molecule has 0 aromatic heterocycles. The molecule has 0 aliphatic rings. The average molecular weight is 215 g/mol. The SMILES string of the molecule is O=S(O)OS(=O)O.[Na+].[Na+].[Na+]. The molecule has 0 heterocycles. The van der Waals surface area contributed by atoms with Crippen LogP contribution in [0.3, 0.4) is 0 Å². The summed E-state index contributed by atoms with van der Waals surface area (Å²) in [4.78, 5) is 0. The van der Waals surface area contributed by atoms with Crippen molar-refractivity contribution in [2.45, 2.75) is 0 Å². The summed E-state index contributed by atoms with van der Waals surface area (Å²) in [6.45, 7) is 0. The van der Waals surface area contributed by atoms with Crippen molar-refractivity contribution in [1.29, 1.82) is 0 Å². The van der Waals surface area contributed by atoms with Gasteiger partial charge in [-0.15, -0.1) is 3.63 Å². The van der Waals surface area contributed by atoms with Gasteiger partial charge in [-0.3, -0.25) is 9.11 Å². The minimum Gasteiger partial charge on any atom is -0.283 e. The predicted molar refractivity (Wildman–Crippen MR) is 22.6 cm³/mol. The summed E-state index contributed by atoms with van der Waals surface area (Å²) in [5.41, 5.74) is 0. The Labute approximate surface area is 130 Å². The third-order valence-corrected chi connectivity index (χ3v) is 1.05. The van der Waals surface area contributed by atoms with E-state index in [1.54, 1.807) is 0 Å². The normalized spacial score (nSPS) is 13.0. The summed E-state index contributed by atoms with van der Waals surface area (Å²) in [7, 11) is 0. The smallest absolute Gasteiger partial charge is 0.283 e. The molecular formula is H2Na3O5S2+3. The number of hydrogen-bond acceptors (Lipinski definition) is 3. The van der Waals surface area contributed by atoms with Gasteiger partial charge in [-0.25, -0.2) is 0 Å². The largest absolute Gasteiger partial charge is 1.00 e. The van der Waals surface area contributed by atoms with Crippen molar-refractivity contribution in [3.63, 3.8) is 0 Å². The van der Waals surface area contributed by atoms with E-state index in [-0.39, 0.29) is 88.7 Å². The Kier molecular flexibility index (Phi) is 34.1. The van der Waals surface area contributed by atoms with Gasteiger partial charge in [0.05, 0.1) is 0 Å². The van der Waals surface area contributed by atoms with Gasteiger partial charge in [0.15, 0.2) is 0 Å². The summed E-state index contributed by atoms with van der Waals surface area (Å²) in [5.74, 6) is 0. The summed E-state index contributed by atoms with van der Waals surface area (Å²) >= 11 is -5.29. The molecule has 0 fully saturated rings. The van der Waals surface area contributed by atoms with Crippen LogP contribution in [-0.2, 0) is 26.4 Å². The zero-order chi connectivity index (χ0) is 5.86. The quantitative estimate of drug-likeness (QED) is 0.353. The Bertz CT molecular complexity index is 91.1. The van der Waals surface area contributed by atoms with Gasteiger partial charge in [0.25, 0.3) is 0 Å². The van der Waals surface area contributed by atoms with Crippen molar-refractivity contribution >= 4 is 22.7 Å². The van der Waals surface area contributed by atoms with E-state index in [1.165, 1.54) is 0 Å². The van der Waals surface area contributed by atoms with Crippen molar-refractivity contribution in [2.75, 3.05) is 0 Å². The third-order valence-electron chi connectivity index (χ3n) is 0.116. The van der Waals surface area contributed by atoms with Gasteiger partial charge < -0.3 is 0 Å². The van der Waals surface area contributed by atoms with Gasteiger partial charge in [0.2, 0.25) is 0 Å². The number of rotatable bonds is 2. The first kappa shape index (κ1) is 23.2. The molecule has 0 aliphatic heterocycles. The van der Waals surface area contributed by atoms with Crippen LogP contribution < -0.4 is 88.7 Å². The van der Waals surface area contributed by atoms with Gasteiger partial charge in [-0.1, -0.05) is 0 Å². The zero-order valence-corrected chi connectivity index (χ0v) is 13.6. The fourth-order valence-electron chi connectivity index (χ4n) is 0.0498.